The molecule has 0 radical (unpaired) electrons. The van der Waals surface area contributed by atoms with E-state index in [0.29, 0.717) is 23.9 Å². The molecule has 36 heavy (non-hydrogen) atoms. The van der Waals surface area contributed by atoms with Crippen molar-refractivity contribution in [3.63, 3.8) is 0 Å². The van der Waals surface area contributed by atoms with Crippen LogP contribution in [0.5, 0.6) is 0 Å². The first-order valence-electron chi connectivity index (χ1n) is 10.4. The second-order valence-electron chi connectivity index (χ2n) is 7.89. The van der Waals surface area contributed by atoms with Crippen LogP contribution < -0.4 is 34.1 Å². The summed E-state index contributed by atoms with van der Waals surface area (Å²) in [6, 6.07) is 7.72. The Bertz CT molecular complexity index is 1650. The SMILES string of the molecule is O=C(O)CCCCC[n+]1ccc(-c2nc3c(o2)c(S(=O)(=O)[O-])cc2cc(S(=O)(=O)[O-])ccc23)cc1.[Na+]. The van der Waals surface area contributed by atoms with Gasteiger partial charge in [-0.1, -0.05) is 6.07 Å². The monoisotopic (exact) mass is 542 g/mol. The summed E-state index contributed by atoms with van der Waals surface area (Å²) in [5.74, 6) is -0.775. The van der Waals surface area contributed by atoms with Gasteiger partial charge in [0.25, 0.3) is 0 Å². The van der Waals surface area contributed by atoms with E-state index in [4.69, 9.17) is 9.52 Å². The zero-order chi connectivity index (χ0) is 25.4. The van der Waals surface area contributed by atoms with Crippen LogP contribution in [-0.4, -0.2) is 42.0 Å². The van der Waals surface area contributed by atoms with Gasteiger partial charge in [0, 0.05) is 35.9 Å². The van der Waals surface area contributed by atoms with E-state index in [0.717, 1.165) is 31.0 Å². The van der Waals surface area contributed by atoms with Crippen molar-refractivity contribution in [3.8, 4) is 11.5 Å². The van der Waals surface area contributed by atoms with Crippen molar-refractivity contribution >= 4 is 48.1 Å². The maximum absolute atomic E-state index is 11.9. The van der Waals surface area contributed by atoms with Crippen molar-refractivity contribution < 1.29 is 74.4 Å². The molecule has 184 valence electrons. The largest absolute Gasteiger partial charge is 1.00 e. The summed E-state index contributed by atoms with van der Waals surface area (Å²) < 4.78 is 77.3. The van der Waals surface area contributed by atoms with Crippen LogP contribution in [0.3, 0.4) is 0 Å². The smallest absolute Gasteiger partial charge is 0.744 e. The van der Waals surface area contributed by atoms with Gasteiger partial charge < -0.3 is 18.6 Å². The fourth-order valence-electron chi connectivity index (χ4n) is 3.71. The van der Waals surface area contributed by atoms with Crippen LogP contribution in [0.2, 0.25) is 0 Å². The Hall–Kier alpha value is -2.39. The second kappa shape index (κ2) is 10.9. The van der Waals surface area contributed by atoms with Crippen molar-refractivity contribution in [1.29, 1.82) is 0 Å². The van der Waals surface area contributed by atoms with Crippen molar-refractivity contribution in [2.75, 3.05) is 0 Å². The Morgan fingerprint density at radius 3 is 2.28 bits per heavy atom. The van der Waals surface area contributed by atoms with Gasteiger partial charge in [-0.3, -0.25) is 4.79 Å². The number of carbonyl (C=O) groups is 1. The van der Waals surface area contributed by atoms with E-state index < -0.39 is 36.0 Å². The molecule has 4 aromatic rings. The molecular formula is C22H19N2NaO9S2. The number of rotatable bonds is 9. The van der Waals surface area contributed by atoms with Gasteiger partial charge in [0.1, 0.15) is 32.3 Å². The number of benzene rings is 2. The molecule has 1 N–H and O–H groups in total. The molecule has 0 saturated carbocycles. The number of nitrogens with zero attached hydrogens (tertiary/aromatic N) is 2. The van der Waals surface area contributed by atoms with Crippen LogP contribution in [0.15, 0.2) is 63.0 Å². The molecule has 0 amide bonds. The average Bonchev–Trinajstić information content (AvgIpc) is 3.22. The first kappa shape index (κ1) is 28.2. The fraction of sp³-hybridized carbons (Fsp3) is 0.227. The molecule has 0 atom stereocenters. The molecule has 0 aliphatic rings. The molecule has 14 heteroatoms. The maximum atomic E-state index is 11.9. The van der Waals surface area contributed by atoms with Gasteiger partial charge in [0.2, 0.25) is 5.89 Å². The molecule has 0 saturated heterocycles. The molecule has 11 nitrogen and oxygen atoms in total. The Labute approximate surface area is 228 Å². The summed E-state index contributed by atoms with van der Waals surface area (Å²) in [5.41, 5.74) is 0.275. The topological polar surface area (TPSA) is 182 Å². The summed E-state index contributed by atoms with van der Waals surface area (Å²) in [6.45, 7) is 0.668. The second-order valence-corrected chi connectivity index (χ2v) is 10.6. The van der Waals surface area contributed by atoms with Gasteiger partial charge in [-0.15, -0.1) is 0 Å². The Balaban J connectivity index is 0.00000361. The number of aryl methyl sites for hydroxylation is 1. The van der Waals surface area contributed by atoms with Gasteiger partial charge in [0.05, 0.1) is 9.79 Å². The molecular weight excluding hydrogens is 523 g/mol. The number of carboxylic acids is 1. The van der Waals surface area contributed by atoms with Crippen molar-refractivity contribution in [2.45, 2.75) is 42.0 Å². The van der Waals surface area contributed by atoms with Gasteiger partial charge >= 0.3 is 35.5 Å². The number of pyridine rings is 1. The number of oxazole rings is 1. The van der Waals surface area contributed by atoms with Crippen LogP contribution in [0.4, 0.5) is 0 Å². The van der Waals surface area contributed by atoms with Gasteiger partial charge in [-0.25, -0.2) is 26.4 Å². The van der Waals surface area contributed by atoms with Crippen LogP contribution in [0.25, 0.3) is 33.3 Å². The third kappa shape index (κ3) is 6.29. The number of fused-ring (bicyclic) bond motifs is 3. The average molecular weight is 543 g/mol. The standard InChI is InChI=1S/C22H20N2O9S2.Na/c25-19(26)4-2-1-3-9-24-10-7-14(8-11-24)22-23-20-17-6-5-16(34(27,28)29)12-15(17)13-18(21(20)33-22)35(30,31)32;/h5-8,10-13H,1-4,9H2,(H2-,25,26,27,28,29,30,31,32);/q;+1/p-1. The quantitative estimate of drug-likeness (QED) is 0.124. The van der Waals surface area contributed by atoms with Crippen molar-refractivity contribution in [2.24, 2.45) is 0 Å². The van der Waals surface area contributed by atoms with E-state index in [1.165, 1.54) is 6.07 Å². The summed E-state index contributed by atoms with van der Waals surface area (Å²) >= 11 is 0. The molecule has 2 aromatic heterocycles. The summed E-state index contributed by atoms with van der Waals surface area (Å²) in [4.78, 5) is 13.6. The van der Waals surface area contributed by atoms with Gasteiger partial charge in [-0.2, -0.15) is 0 Å². The van der Waals surface area contributed by atoms with Crippen LogP contribution >= 0.6 is 0 Å². The van der Waals surface area contributed by atoms with Gasteiger partial charge in [0.15, 0.2) is 18.0 Å². The third-order valence-corrected chi connectivity index (χ3v) is 7.09. The summed E-state index contributed by atoms with van der Waals surface area (Å²) in [5, 5.41) is 9.02. The number of aliphatic carboxylic acids is 1. The van der Waals surface area contributed by atoms with E-state index in [1.54, 1.807) is 24.5 Å². The van der Waals surface area contributed by atoms with E-state index in [1.807, 2.05) is 4.57 Å². The molecule has 0 aliphatic carbocycles. The Kier molecular flexibility index (Phi) is 8.55. The molecule has 0 unspecified atom stereocenters. The molecule has 0 bridgehead atoms. The maximum Gasteiger partial charge on any atom is 1.00 e. The fourth-order valence-corrected chi connectivity index (χ4v) is 4.86. The van der Waals surface area contributed by atoms with Crippen molar-refractivity contribution in [1.82, 2.24) is 4.98 Å². The third-order valence-electron chi connectivity index (χ3n) is 5.42. The molecule has 0 fully saturated rings. The van der Waals surface area contributed by atoms with E-state index in [-0.39, 0.29) is 58.4 Å². The number of unbranched alkanes of at least 4 members (excludes halogenated alkanes) is 2. The number of hydrogen-bond acceptors (Lipinski definition) is 9. The minimum Gasteiger partial charge on any atom is -0.744 e. The van der Waals surface area contributed by atoms with E-state index in [2.05, 4.69) is 4.98 Å². The first-order chi connectivity index (χ1) is 16.4. The van der Waals surface area contributed by atoms with Crippen LogP contribution in [0, 0.1) is 0 Å². The molecule has 0 spiro atoms. The Morgan fingerprint density at radius 2 is 1.67 bits per heavy atom. The zero-order valence-electron chi connectivity index (χ0n) is 19.1. The summed E-state index contributed by atoms with van der Waals surface area (Å²) in [7, 11) is -9.82. The van der Waals surface area contributed by atoms with E-state index >= 15 is 0 Å². The number of carboxylic acid groups (broad SMARTS) is 1. The minimum absolute atomic E-state index is 0. The van der Waals surface area contributed by atoms with Gasteiger partial charge in [-0.05, 0) is 36.4 Å². The molecule has 0 aliphatic heterocycles. The zero-order valence-corrected chi connectivity index (χ0v) is 22.7. The number of aromatic nitrogens is 2. The van der Waals surface area contributed by atoms with Crippen molar-refractivity contribution in [3.05, 3.63) is 48.8 Å². The molecule has 2 aromatic carbocycles. The molecule has 2 heterocycles. The van der Waals surface area contributed by atoms with Crippen LogP contribution in [0.1, 0.15) is 25.7 Å². The predicted molar refractivity (Wildman–Crippen MR) is 119 cm³/mol. The first-order valence-corrected chi connectivity index (χ1v) is 13.3. The predicted octanol–water partition coefficient (Wildman–Crippen LogP) is -0.607. The molecule has 4 rings (SSSR count). The Morgan fingerprint density at radius 1 is 0.972 bits per heavy atom. The normalized spacial score (nSPS) is 12.1. The van der Waals surface area contributed by atoms with E-state index in [9.17, 15) is 30.7 Å². The van der Waals surface area contributed by atoms with Crippen LogP contribution in [-0.2, 0) is 31.6 Å². The minimum atomic E-state index is -5.02. The number of hydrogen-bond donors (Lipinski definition) is 1. The summed E-state index contributed by atoms with van der Waals surface area (Å²) in [6.07, 6.45) is 5.80.